The van der Waals surface area contributed by atoms with Gasteiger partial charge in [0.2, 0.25) is 21.8 Å². The number of sulfonamides is 1. The molecule has 0 heterocycles. The summed E-state index contributed by atoms with van der Waals surface area (Å²) in [5.41, 5.74) is 2.88. The number of rotatable bonds is 12. The molecule has 0 aliphatic heterocycles. The van der Waals surface area contributed by atoms with Gasteiger partial charge >= 0.3 is 0 Å². The Hall–Kier alpha value is -2.58. The largest absolute Gasteiger partial charge is 0.354 e. The summed E-state index contributed by atoms with van der Waals surface area (Å²) in [5, 5.41) is 3.29. The van der Waals surface area contributed by atoms with Crippen molar-refractivity contribution in [1.82, 2.24) is 10.2 Å². The highest BCUT2D eigenvalue weighted by molar-refractivity contribution is 7.92. The van der Waals surface area contributed by atoms with Crippen LogP contribution in [0.15, 0.2) is 42.5 Å². The van der Waals surface area contributed by atoms with Gasteiger partial charge in [0.1, 0.15) is 12.6 Å². The number of nitrogens with one attached hydrogen (secondary N) is 1. The lowest BCUT2D eigenvalue weighted by molar-refractivity contribution is -0.140. The fraction of sp³-hybridized carbons (Fsp3) is 0.462. The number of hydrogen-bond donors (Lipinski definition) is 1. The van der Waals surface area contributed by atoms with Crippen LogP contribution in [-0.2, 0) is 26.2 Å². The predicted molar refractivity (Wildman–Crippen MR) is 142 cm³/mol. The van der Waals surface area contributed by atoms with E-state index in [1.807, 2.05) is 45.0 Å². The standard InChI is InChI=1S/C26H36ClN3O4S/c1-6-8-15-28-26(32)23(7-2)29(17-21-12-10-9-11-19(21)3)25(31)18-30(35(5,33)34)24-16-22(27)14-13-20(24)4/h9-14,16,23H,6-8,15,17-18H2,1-5H3,(H,28,32)/t23-/m1/s1. The highest BCUT2D eigenvalue weighted by atomic mass is 35.5. The van der Waals surface area contributed by atoms with Crippen LogP contribution in [0, 0.1) is 13.8 Å². The molecule has 9 heteroatoms. The van der Waals surface area contributed by atoms with Gasteiger partial charge in [-0.25, -0.2) is 8.42 Å². The van der Waals surface area contributed by atoms with Crippen LogP contribution >= 0.6 is 11.6 Å². The third kappa shape index (κ3) is 7.97. The lowest BCUT2D eigenvalue weighted by Gasteiger charge is -2.33. The van der Waals surface area contributed by atoms with Crippen LogP contribution < -0.4 is 9.62 Å². The van der Waals surface area contributed by atoms with E-state index in [0.717, 1.165) is 34.5 Å². The fourth-order valence-electron chi connectivity index (χ4n) is 3.84. The van der Waals surface area contributed by atoms with Gasteiger partial charge in [-0.3, -0.25) is 13.9 Å². The molecule has 0 spiro atoms. The van der Waals surface area contributed by atoms with Crippen LogP contribution in [0.5, 0.6) is 0 Å². The molecule has 1 atom stereocenters. The Morgan fingerprint density at radius 2 is 1.74 bits per heavy atom. The van der Waals surface area contributed by atoms with E-state index < -0.39 is 28.5 Å². The first-order valence-electron chi connectivity index (χ1n) is 11.8. The van der Waals surface area contributed by atoms with Crippen LogP contribution in [0.25, 0.3) is 0 Å². The van der Waals surface area contributed by atoms with Crippen LogP contribution in [0.2, 0.25) is 5.02 Å². The number of aryl methyl sites for hydroxylation is 2. The van der Waals surface area contributed by atoms with Crippen LogP contribution in [0.3, 0.4) is 0 Å². The minimum atomic E-state index is -3.81. The lowest BCUT2D eigenvalue weighted by atomic mass is 10.1. The Bertz CT molecular complexity index is 1140. The quantitative estimate of drug-likeness (QED) is 0.418. The highest BCUT2D eigenvalue weighted by Gasteiger charge is 2.32. The van der Waals surface area contributed by atoms with Crippen molar-refractivity contribution >= 4 is 39.1 Å². The molecule has 0 saturated carbocycles. The molecule has 1 N–H and O–H groups in total. The predicted octanol–water partition coefficient (Wildman–Crippen LogP) is 4.45. The number of benzene rings is 2. The molecule has 192 valence electrons. The summed E-state index contributed by atoms with van der Waals surface area (Å²) >= 11 is 6.14. The van der Waals surface area contributed by atoms with E-state index >= 15 is 0 Å². The van der Waals surface area contributed by atoms with Crippen LogP contribution in [0.1, 0.15) is 49.8 Å². The van der Waals surface area contributed by atoms with E-state index in [1.54, 1.807) is 19.1 Å². The third-order valence-electron chi connectivity index (χ3n) is 5.94. The lowest BCUT2D eigenvalue weighted by Crippen LogP contribution is -2.52. The molecule has 0 aliphatic carbocycles. The topological polar surface area (TPSA) is 86.8 Å². The minimum Gasteiger partial charge on any atom is -0.354 e. The molecule has 2 rings (SSSR count). The number of anilines is 1. The van der Waals surface area contributed by atoms with E-state index in [4.69, 9.17) is 11.6 Å². The average molecular weight is 522 g/mol. The summed E-state index contributed by atoms with van der Waals surface area (Å²) < 4.78 is 26.6. The van der Waals surface area contributed by atoms with Gasteiger partial charge in [0.05, 0.1) is 11.9 Å². The summed E-state index contributed by atoms with van der Waals surface area (Å²) in [4.78, 5) is 28.3. The number of unbranched alkanes of at least 4 members (excludes halogenated alkanes) is 1. The average Bonchev–Trinajstić information content (AvgIpc) is 2.79. The molecule has 2 amide bonds. The first kappa shape index (κ1) is 28.7. The maximum atomic E-state index is 13.7. The summed E-state index contributed by atoms with van der Waals surface area (Å²) in [6, 6.07) is 11.8. The van der Waals surface area contributed by atoms with Crippen molar-refractivity contribution in [1.29, 1.82) is 0 Å². The second-order valence-corrected chi connectivity index (χ2v) is 11.1. The molecule has 0 aliphatic rings. The smallest absolute Gasteiger partial charge is 0.244 e. The van der Waals surface area contributed by atoms with E-state index in [2.05, 4.69) is 5.32 Å². The van der Waals surface area contributed by atoms with Crippen molar-refractivity contribution in [3.63, 3.8) is 0 Å². The Kier molecular flexibility index (Phi) is 10.6. The van der Waals surface area contributed by atoms with Gasteiger partial charge in [-0.15, -0.1) is 0 Å². The molecule has 7 nitrogen and oxygen atoms in total. The van der Waals surface area contributed by atoms with E-state index in [-0.39, 0.29) is 12.5 Å². The second kappa shape index (κ2) is 12.9. The Balaban J connectivity index is 2.46. The van der Waals surface area contributed by atoms with Crippen molar-refractivity contribution < 1.29 is 18.0 Å². The number of hydrogen-bond acceptors (Lipinski definition) is 4. The zero-order valence-corrected chi connectivity index (χ0v) is 22.7. The Morgan fingerprint density at radius 1 is 1.06 bits per heavy atom. The molecule has 2 aromatic rings. The zero-order valence-electron chi connectivity index (χ0n) is 21.2. The molecule has 35 heavy (non-hydrogen) atoms. The van der Waals surface area contributed by atoms with Gasteiger partial charge in [-0.2, -0.15) is 0 Å². The maximum Gasteiger partial charge on any atom is 0.244 e. The SMILES string of the molecule is CCCCNC(=O)[C@@H](CC)N(Cc1ccccc1C)C(=O)CN(c1cc(Cl)ccc1C)S(C)(=O)=O. The van der Waals surface area contributed by atoms with Crippen molar-refractivity contribution in [3.05, 3.63) is 64.2 Å². The zero-order chi connectivity index (χ0) is 26.2. The normalized spacial score (nSPS) is 12.2. The van der Waals surface area contributed by atoms with E-state index in [0.29, 0.717) is 29.2 Å². The first-order chi connectivity index (χ1) is 16.5. The summed E-state index contributed by atoms with van der Waals surface area (Å²) in [7, 11) is -3.81. The fourth-order valence-corrected chi connectivity index (χ4v) is 4.91. The van der Waals surface area contributed by atoms with Crippen molar-refractivity contribution in [2.24, 2.45) is 0 Å². The third-order valence-corrected chi connectivity index (χ3v) is 7.30. The number of carbonyl (C=O) groups excluding carboxylic acids is 2. The van der Waals surface area contributed by atoms with Gasteiger partial charge in [0.25, 0.3) is 0 Å². The molecule has 0 radical (unpaired) electrons. The van der Waals surface area contributed by atoms with Gasteiger partial charge in [-0.05, 0) is 55.5 Å². The highest BCUT2D eigenvalue weighted by Crippen LogP contribution is 2.27. The Labute approximate surface area is 214 Å². The van der Waals surface area contributed by atoms with Crippen LogP contribution in [0.4, 0.5) is 5.69 Å². The molecule has 0 saturated heterocycles. The molecular weight excluding hydrogens is 486 g/mol. The number of halogens is 1. The van der Waals surface area contributed by atoms with E-state index in [9.17, 15) is 18.0 Å². The Morgan fingerprint density at radius 3 is 2.34 bits per heavy atom. The molecule has 2 aromatic carbocycles. The summed E-state index contributed by atoms with van der Waals surface area (Å²) in [6.45, 7) is 7.86. The van der Waals surface area contributed by atoms with Crippen molar-refractivity contribution in [2.75, 3.05) is 23.7 Å². The molecule has 0 fully saturated rings. The molecular formula is C26H36ClN3O4S. The van der Waals surface area contributed by atoms with Gasteiger partial charge in [0, 0.05) is 18.1 Å². The molecule has 0 unspecified atom stereocenters. The van der Waals surface area contributed by atoms with Crippen molar-refractivity contribution in [3.8, 4) is 0 Å². The number of amides is 2. The second-order valence-electron chi connectivity index (χ2n) is 8.72. The van der Waals surface area contributed by atoms with Gasteiger partial charge < -0.3 is 10.2 Å². The maximum absolute atomic E-state index is 13.7. The molecule has 0 aromatic heterocycles. The number of carbonyl (C=O) groups is 2. The summed E-state index contributed by atoms with van der Waals surface area (Å²) in [5.74, 6) is -0.705. The van der Waals surface area contributed by atoms with Crippen LogP contribution in [-0.4, -0.2) is 50.5 Å². The first-order valence-corrected chi connectivity index (χ1v) is 14.1. The van der Waals surface area contributed by atoms with E-state index in [1.165, 1.54) is 11.0 Å². The number of nitrogens with zero attached hydrogens (tertiary/aromatic N) is 2. The van der Waals surface area contributed by atoms with Gasteiger partial charge in [-0.1, -0.05) is 62.2 Å². The minimum absolute atomic E-state index is 0.192. The van der Waals surface area contributed by atoms with Gasteiger partial charge in [0.15, 0.2) is 0 Å². The molecule has 0 bridgehead atoms. The monoisotopic (exact) mass is 521 g/mol. The van der Waals surface area contributed by atoms with Crippen molar-refractivity contribution in [2.45, 2.75) is 59.5 Å². The summed E-state index contributed by atoms with van der Waals surface area (Å²) in [6.07, 6.45) is 3.22.